The van der Waals surface area contributed by atoms with E-state index in [1.54, 1.807) is 25.1 Å². The molecule has 3 N–H and O–H groups in total. The third-order valence-electron chi connectivity index (χ3n) is 3.26. The largest absolute Gasteiger partial charge is 0.393 e. The van der Waals surface area contributed by atoms with Crippen LogP contribution in [0.3, 0.4) is 0 Å². The van der Waals surface area contributed by atoms with Crippen LogP contribution in [0.1, 0.15) is 38.9 Å². The van der Waals surface area contributed by atoms with Crippen LogP contribution in [0.4, 0.5) is 0 Å². The normalized spacial score (nSPS) is 11.7. The van der Waals surface area contributed by atoms with Gasteiger partial charge in [0.05, 0.1) is 11.0 Å². The maximum Gasteiger partial charge on any atom is 0.261 e. The number of nitrogens with one attached hydrogen (secondary N) is 2. The monoisotopic (exact) mass is 332 g/mol. The summed E-state index contributed by atoms with van der Waals surface area (Å²) < 4.78 is 0. The van der Waals surface area contributed by atoms with E-state index in [-0.39, 0.29) is 11.8 Å². The number of thiophene rings is 1. The second-order valence-corrected chi connectivity index (χ2v) is 6.20. The maximum atomic E-state index is 11.9. The number of carbonyl (C=O) groups excluding carboxylic acids is 2. The molecule has 0 saturated carbocycles. The van der Waals surface area contributed by atoms with Gasteiger partial charge in [-0.25, -0.2) is 0 Å². The molecule has 0 bridgehead atoms. The fraction of sp³-hybridized carbons (Fsp3) is 0.294. The zero-order valence-electron chi connectivity index (χ0n) is 12.9. The van der Waals surface area contributed by atoms with Crippen LogP contribution >= 0.6 is 11.3 Å². The van der Waals surface area contributed by atoms with Gasteiger partial charge >= 0.3 is 0 Å². The highest BCUT2D eigenvalue weighted by Crippen LogP contribution is 2.09. The third-order valence-corrected chi connectivity index (χ3v) is 4.13. The van der Waals surface area contributed by atoms with Gasteiger partial charge in [0.2, 0.25) is 0 Å². The number of aliphatic hydroxyl groups is 1. The van der Waals surface area contributed by atoms with E-state index in [0.717, 1.165) is 5.56 Å². The van der Waals surface area contributed by atoms with E-state index in [1.165, 1.54) is 11.3 Å². The van der Waals surface area contributed by atoms with Gasteiger partial charge in [0, 0.05) is 18.7 Å². The molecule has 0 aliphatic carbocycles. The van der Waals surface area contributed by atoms with Crippen LogP contribution in [0, 0.1) is 0 Å². The zero-order valence-corrected chi connectivity index (χ0v) is 13.7. The molecule has 2 aromatic rings. The second-order valence-electron chi connectivity index (χ2n) is 5.25. The highest BCUT2D eigenvalue weighted by atomic mass is 32.1. The van der Waals surface area contributed by atoms with Crippen molar-refractivity contribution in [3.63, 3.8) is 0 Å². The Morgan fingerprint density at radius 3 is 2.48 bits per heavy atom. The van der Waals surface area contributed by atoms with Gasteiger partial charge in [-0.05, 0) is 42.5 Å². The van der Waals surface area contributed by atoms with Crippen molar-refractivity contribution in [1.82, 2.24) is 10.6 Å². The first-order valence-electron chi connectivity index (χ1n) is 7.43. The fourth-order valence-electron chi connectivity index (χ4n) is 1.95. The van der Waals surface area contributed by atoms with Crippen LogP contribution in [-0.4, -0.2) is 29.6 Å². The quantitative estimate of drug-likeness (QED) is 0.727. The number of rotatable bonds is 7. The molecule has 2 rings (SSSR count). The summed E-state index contributed by atoms with van der Waals surface area (Å²) >= 11 is 1.40. The average molecular weight is 332 g/mol. The molecular weight excluding hydrogens is 312 g/mol. The SMILES string of the molecule is CC(O)CCNC(=O)c1ccc(CNC(=O)c2cccs2)cc1. The molecule has 0 aliphatic rings. The molecule has 6 heteroatoms. The second kappa shape index (κ2) is 8.45. The van der Waals surface area contributed by atoms with Gasteiger partial charge in [-0.3, -0.25) is 9.59 Å². The molecular formula is C17H20N2O3S. The van der Waals surface area contributed by atoms with Crippen molar-refractivity contribution in [2.45, 2.75) is 26.0 Å². The summed E-state index contributed by atoms with van der Waals surface area (Å²) in [7, 11) is 0. The van der Waals surface area contributed by atoms with E-state index in [9.17, 15) is 9.59 Å². The number of benzene rings is 1. The van der Waals surface area contributed by atoms with Gasteiger partial charge in [0.25, 0.3) is 11.8 Å². The van der Waals surface area contributed by atoms with Crippen LogP contribution in [-0.2, 0) is 6.54 Å². The minimum Gasteiger partial charge on any atom is -0.393 e. The molecule has 2 amide bonds. The van der Waals surface area contributed by atoms with Gasteiger partial charge in [-0.15, -0.1) is 11.3 Å². The van der Waals surface area contributed by atoms with E-state index < -0.39 is 6.10 Å². The Balaban J connectivity index is 1.82. The smallest absolute Gasteiger partial charge is 0.261 e. The Kier molecular flexibility index (Phi) is 6.31. The predicted octanol–water partition coefficient (Wildman–Crippen LogP) is 2.18. The summed E-state index contributed by atoms with van der Waals surface area (Å²) in [5, 5.41) is 16.6. The van der Waals surface area contributed by atoms with Crippen LogP contribution in [0.2, 0.25) is 0 Å². The number of carbonyl (C=O) groups is 2. The van der Waals surface area contributed by atoms with E-state index >= 15 is 0 Å². The number of hydrogen-bond donors (Lipinski definition) is 3. The number of aliphatic hydroxyl groups excluding tert-OH is 1. The first-order valence-corrected chi connectivity index (χ1v) is 8.31. The molecule has 5 nitrogen and oxygen atoms in total. The topological polar surface area (TPSA) is 78.4 Å². The average Bonchev–Trinajstić information content (AvgIpc) is 3.07. The summed E-state index contributed by atoms with van der Waals surface area (Å²) in [4.78, 5) is 24.4. The van der Waals surface area contributed by atoms with E-state index in [4.69, 9.17) is 5.11 Å². The van der Waals surface area contributed by atoms with Crippen molar-refractivity contribution >= 4 is 23.2 Å². The number of amides is 2. The lowest BCUT2D eigenvalue weighted by Crippen LogP contribution is -2.26. The zero-order chi connectivity index (χ0) is 16.7. The molecule has 0 saturated heterocycles. The lowest BCUT2D eigenvalue weighted by atomic mass is 10.1. The summed E-state index contributed by atoms with van der Waals surface area (Å²) in [6.07, 6.45) is 0.100. The van der Waals surface area contributed by atoms with Crippen LogP contribution < -0.4 is 10.6 Å². The molecule has 0 radical (unpaired) electrons. The predicted molar refractivity (Wildman–Crippen MR) is 90.6 cm³/mol. The summed E-state index contributed by atoms with van der Waals surface area (Å²) in [6, 6.07) is 10.7. The molecule has 1 atom stereocenters. The minimum atomic E-state index is -0.426. The maximum absolute atomic E-state index is 11.9. The van der Waals surface area contributed by atoms with Crippen molar-refractivity contribution in [3.05, 3.63) is 57.8 Å². The Hall–Kier alpha value is -2.18. The Labute approximate surface area is 139 Å². The van der Waals surface area contributed by atoms with Gasteiger partial charge in [-0.1, -0.05) is 18.2 Å². The molecule has 1 aromatic heterocycles. The number of hydrogen-bond acceptors (Lipinski definition) is 4. The van der Waals surface area contributed by atoms with E-state index in [0.29, 0.717) is 30.0 Å². The summed E-state index contributed by atoms with van der Waals surface area (Å²) in [6.45, 7) is 2.54. The van der Waals surface area contributed by atoms with Gasteiger partial charge in [0.1, 0.15) is 0 Å². The molecule has 1 heterocycles. The van der Waals surface area contributed by atoms with Crippen molar-refractivity contribution in [1.29, 1.82) is 0 Å². The first-order chi connectivity index (χ1) is 11.1. The highest BCUT2D eigenvalue weighted by Gasteiger charge is 2.07. The van der Waals surface area contributed by atoms with E-state index in [2.05, 4.69) is 10.6 Å². The summed E-state index contributed by atoms with van der Waals surface area (Å²) in [5.74, 6) is -0.264. The molecule has 1 aromatic carbocycles. The van der Waals surface area contributed by atoms with Crippen molar-refractivity contribution in [3.8, 4) is 0 Å². The Bertz CT molecular complexity index is 636. The van der Waals surface area contributed by atoms with Crippen molar-refractivity contribution < 1.29 is 14.7 Å². The summed E-state index contributed by atoms with van der Waals surface area (Å²) in [5.41, 5.74) is 1.49. The van der Waals surface area contributed by atoms with Crippen LogP contribution in [0.5, 0.6) is 0 Å². The molecule has 0 fully saturated rings. The molecule has 0 spiro atoms. The molecule has 122 valence electrons. The van der Waals surface area contributed by atoms with Crippen LogP contribution in [0.25, 0.3) is 0 Å². The van der Waals surface area contributed by atoms with Gasteiger partial charge < -0.3 is 15.7 Å². The lowest BCUT2D eigenvalue weighted by Gasteiger charge is -2.08. The van der Waals surface area contributed by atoms with Gasteiger partial charge in [0.15, 0.2) is 0 Å². The highest BCUT2D eigenvalue weighted by molar-refractivity contribution is 7.12. The lowest BCUT2D eigenvalue weighted by molar-refractivity contribution is 0.0939. The molecule has 1 unspecified atom stereocenters. The first kappa shape index (κ1) is 17.2. The standard InChI is InChI=1S/C17H20N2O3S/c1-12(20)8-9-18-16(21)14-6-4-13(5-7-14)11-19-17(22)15-3-2-10-23-15/h2-7,10,12,20H,8-9,11H2,1H3,(H,18,21)(H,19,22). The third kappa shape index (κ3) is 5.50. The molecule has 0 aliphatic heterocycles. The fourth-order valence-corrected chi connectivity index (χ4v) is 2.59. The van der Waals surface area contributed by atoms with Crippen LogP contribution in [0.15, 0.2) is 41.8 Å². The van der Waals surface area contributed by atoms with Gasteiger partial charge in [-0.2, -0.15) is 0 Å². The Morgan fingerprint density at radius 1 is 1.13 bits per heavy atom. The molecule has 23 heavy (non-hydrogen) atoms. The van der Waals surface area contributed by atoms with Crippen molar-refractivity contribution in [2.24, 2.45) is 0 Å². The Morgan fingerprint density at radius 2 is 1.87 bits per heavy atom. The van der Waals surface area contributed by atoms with E-state index in [1.807, 2.05) is 23.6 Å². The van der Waals surface area contributed by atoms with Crippen molar-refractivity contribution in [2.75, 3.05) is 6.54 Å². The minimum absolute atomic E-state index is 0.0973.